The van der Waals surface area contributed by atoms with Crippen LogP contribution in [0, 0.1) is 5.82 Å². The van der Waals surface area contributed by atoms with Crippen LogP contribution in [0.5, 0.6) is 0 Å². The van der Waals surface area contributed by atoms with E-state index < -0.39 is 39.9 Å². The first-order valence-electron chi connectivity index (χ1n) is 7.56. The van der Waals surface area contributed by atoms with Crippen LogP contribution < -0.4 is 4.72 Å². The Hall–Kier alpha value is -2.34. The van der Waals surface area contributed by atoms with Crippen molar-refractivity contribution in [2.24, 2.45) is 0 Å². The smallest absolute Gasteiger partial charge is 0.288 e. The van der Waals surface area contributed by atoms with Gasteiger partial charge in [0.25, 0.3) is 15.9 Å². The molecule has 0 radical (unpaired) electrons. The van der Waals surface area contributed by atoms with E-state index >= 15 is 0 Å². The van der Waals surface area contributed by atoms with Gasteiger partial charge in [-0.15, -0.1) is 11.3 Å². The lowest BCUT2D eigenvalue weighted by molar-refractivity contribution is -0.180. The highest BCUT2D eigenvalue weighted by Crippen LogP contribution is 2.25. The summed E-state index contributed by atoms with van der Waals surface area (Å²) in [6, 6.07) is 7.71. The molecule has 0 fully saturated rings. The highest BCUT2D eigenvalue weighted by atomic mass is 35.5. The summed E-state index contributed by atoms with van der Waals surface area (Å²) in [5, 5.41) is 0.798. The second kappa shape index (κ2) is 9.24. The van der Waals surface area contributed by atoms with Crippen LogP contribution in [-0.2, 0) is 35.8 Å². The zero-order valence-electron chi connectivity index (χ0n) is 14.3. The predicted molar refractivity (Wildman–Crippen MR) is 98.2 cm³/mol. The zero-order chi connectivity index (χ0) is 20.9. The molecule has 0 bridgehead atoms. The Morgan fingerprint density at radius 3 is 2.36 bits per heavy atom. The van der Waals surface area contributed by atoms with Gasteiger partial charge in [0.05, 0.1) is 24.4 Å². The molecule has 0 unspecified atom stereocenters. The molecule has 12 heteroatoms. The number of sulfonamides is 1. The van der Waals surface area contributed by atoms with E-state index in [1.54, 1.807) is 4.72 Å². The number of thiophene rings is 1. The first-order chi connectivity index (χ1) is 13.1. The van der Waals surface area contributed by atoms with Crippen LogP contribution in [0.2, 0.25) is 4.34 Å². The normalized spacial score (nSPS) is 11.1. The molecule has 1 heterocycles. The zero-order valence-corrected chi connectivity index (χ0v) is 16.7. The van der Waals surface area contributed by atoms with E-state index in [4.69, 9.17) is 16.4 Å². The van der Waals surface area contributed by atoms with Gasteiger partial charge in [0.1, 0.15) is 10.0 Å². The third-order valence-corrected chi connectivity index (χ3v) is 6.40. The van der Waals surface area contributed by atoms with Gasteiger partial charge in [-0.25, -0.2) is 22.6 Å². The Balaban J connectivity index is 1.98. The Kier molecular flexibility index (Phi) is 7.24. The largest absolute Gasteiger partial charge is 0.301 e. The number of carbonyl (C=O) groups is 3. The van der Waals surface area contributed by atoms with Gasteiger partial charge in [-0.2, -0.15) is 0 Å². The molecule has 0 aliphatic heterocycles. The number of ketones is 1. The summed E-state index contributed by atoms with van der Waals surface area (Å²) in [6.07, 6.45) is -0.915. The Labute approximate surface area is 168 Å². The van der Waals surface area contributed by atoms with Gasteiger partial charge in [0, 0.05) is 0 Å². The summed E-state index contributed by atoms with van der Waals surface area (Å²) in [5.74, 6) is -4.06. The molecule has 0 saturated heterocycles. The number of halogens is 2. The molecule has 150 valence electrons. The van der Waals surface area contributed by atoms with Crippen LogP contribution >= 0.6 is 22.9 Å². The number of rotatable bonds is 8. The summed E-state index contributed by atoms with van der Waals surface area (Å²) in [6.45, 7) is -0.101. The minimum atomic E-state index is -4.28. The number of nitrogens with zero attached hydrogens (tertiary/aromatic N) is 1. The number of hydrogen-bond donors (Lipinski definition) is 1. The molecule has 1 aromatic heterocycles. The third-order valence-electron chi connectivity index (χ3n) is 3.34. The SMILES string of the molecule is CON(Cc1ccc(F)cc1)C(=O)CC(=O)C(=O)NS(=O)(=O)c1ccc(Cl)s1. The quantitative estimate of drug-likeness (QED) is 0.375. The molecular weight excluding hydrogens is 435 g/mol. The number of nitrogens with one attached hydrogen (secondary N) is 1. The molecule has 2 amide bonds. The van der Waals surface area contributed by atoms with Crippen LogP contribution in [0.25, 0.3) is 0 Å². The van der Waals surface area contributed by atoms with Gasteiger partial charge in [0.15, 0.2) is 0 Å². The highest BCUT2D eigenvalue weighted by molar-refractivity contribution is 7.92. The van der Waals surface area contributed by atoms with Crippen molar-refractivity contribution in [1.82, 2.24) is 9.79 Å². The van der Waals surface area contributed by atoms with E-state index in [0.717, 1.165) is 5.06 Å². The Morgan fingerprint density at radius 1 is 1.18 bits per heavy atom. The average molecular weight is 449 g/mol. The standard InChI is InChI=1S/C16H14ClFN2O6S2/c1-26-20(9-10-2-4-11(18)5-3-10)14(22)8-12(21)16(23)19-28(24,25)15-7-6-13(17)27-15/h2-7H,8-9H2,1H3,(H,19,23). The molecule has 1 N–H and O–H groups in total. The molecule has 1 aromatic carbocycles. The summed E-state index contributed by atoms with van der Waals surface area (Å²) < 4.78 is 38.5. The summed E-state index contributed by atoms with van der Waals surface area (Å²) >= 11 is 6.35. The van der Waals surface area contributed by atoms with E-state index in [1.807, 2.05) is 0 Å². The number of amides is 2. The monoisotopic (exact) mass is 448 g/mol. The van der Waals surface area contributed by atoms with Crippen molar-refractivity contribution in [2.45, 2.75) is 17.2 Å². The number of carbonyl (C=O) groups excluding carboxylic acids is 3. The van der Waals surface area contributed by atoms with Crippen molar-refractivity contribution >= 4 is 50.6 Å². The van der Waals surface area contributed by atoms with Crippen LogP contribution in [-0.4, -0.2) is 38.2 Å². The molecule has 0 atom stereocenters. The lowest BCUT2D eigenvalue weighted by Crippen LogP contribution is -2.39. The maximum absolute atomic E-state index is 12.9. The van der Waals surface area contributed by atoms with E-state index in [0.29, 0.717) is 16.9 Å². The lowest BCUT2D eigenvalue weighted by Gasteiger charge is -2.19. The van der Waals surface area contributed by atoms with Gasteiger partial charge in [-0.05, 0) is 29.8 Å². The molecule has 0 saturated carbocycles. The lowest BCUT2D eigenvalue weighted by atomic mass is 10.2. The van der Waals surface area contributed by atoms with Crippen LogP contribution in [0.1, 0.15) is 12.0 Å². The van der Waals surface area contributed by atoms with Crippen molar-refractivity contribution in [1.29, 1.82) is 0 Å². The first kappa shape index (κ1) is 22.0. The molecule has 2 rings (SSSR count). The average Bonchev–Trinajstić information content (AvgIpc) is 3.08. The minimum absolute atomic E-state index is 0.101. The van der Waals surface area contributed by atoms with E-state index in [2.05, 4.69) is 0 Å². The molecule has 8 nitrogen and oxygen atoms in total. The molecule has 2 aromatic rings. The van der Waals surface area contributed by atoms with Crippen LogP contribution in [0.4, 0.5) is 4.39 Å². The minimum Gasteiger partial charge on any atom is -0.288 e. The van der Waals surface area contributed by atoms with Crippen molar-refractivity contribution in [2.75, 3.05) is 7.11 Å². The first-order valence-corrected chi connectivity index (χ1v) is 10.2. The number of Topliss-reactive ketones (excluding diaryl/α,β-unsaturated/α-hetero) is 1. The van der Waals surface area contributed by atoms with Gasteiger partial charge < -0.3 is 0 Å². The fourth-order valence-corrected chi connectivity index (χ4v) is 4.44. The molecular formula is C16H14ClFN2O6S2. The fourth-order valence-electron chi connectivity index (χ4n) is 1.99. The molecule has 0 aliphatic carbocycles. The van der Waals surface area contributed by atoms with Gasteiger partial charge >= 0.3 is 5.91 Å². The summed E-state index contributed by atoms with van der Waals surface area (Å²) in [4.78, 5) is 40.8. The van der Waals surface area contributed by atoms with E-state index in [-0.39, 0.29) is 15.1 Å². The van der Waals surface area contributed by atoms with Gasteiger partial charge in [-0.1, -0.05) is 23.7 Å². The maximum Gasteiger partial charge on any atom is 0.301 e. The third kappa shape index (κ3) is 5.83. The number of hydrogen-bond acceptors (Lipinski definition) is 7. The highest BCUT2D eigenvalue weighted by Gasteiger charge is 2.27. The van der Waals surface area contributed by atoms with Crippen molar-refractivity contribution in [3.63, 3.8) is 0 Å². The summed E-state index contributed by atoms with van der Waals surface area (Å²) in [7, 11) is -3.10. The van der Waals surface area contributed by atoms with Crippen LogP contribution in [0.3, 0.4) is 0 Å². The Bertz CT molecular complexity index is 991. The van der Waals surface area contributed by atoms with Gasteiger partial charge in [0.2, 0.25) is 5.78 Å². The maximum atomic E-state index is 12.9. The second-order valence-electron chi connectivity index (χ2n) is 5.33. The van der Waals surface area contributed by atoms with Crippen molar-refractivity contribution in [3.05, 3.63) is 52.1 Å². The predicted octanol–water partition coefficient (Wildman–Crippen LogP) is 1.89. The molecule has 0 spiro atoms. The number of hydroxylamine groups is 2. The van der Waals surface area contributed by atoms with E-state index in [1.165, 1.54) is 43.5 Å². The fraction of sp³-hybridized carbons (Fsp3) is 0.188. The van der Waals surface area contributed by atoms with Crippen molar-refractivity contribution in [3.8, 4) is 0 Å². The summed E-state index contributed by atoms with van der Waals surface area (Å²) in [5.41, 5.74) is 0.519. The van der Waals surface area contributed by atoms with Crippen LogP contribution in [0.15, 0.2) is 40.6 Å². The topological polar surface area (TPSA) is 110 Å². The molecule has 28 heavy (non-hydrogen) atoms. The van der Waals surface area contributed by atoms with E-state index in [9.17, 15) is 27.2 Å². The molecule has 0 aliphatic rings. The van der Waals surface area contributed by atoms with Gasteiger partial charge in [-0.3, -0.25) is 19.2 Å². The Morgan fingerprint density at radius 2 is 1.82 bits per heavy atom. The van der Waals surface area contributed by atoms with Crippen molar-refractivity contribution < 1.29 is 32.0 Å². The second-order valence-corrected chi connectivity index (χ2v) is 8.96. The number of benzene rings is 1.